The molecule has 3 fully saturated rings. The molecule has 2 aliphatic carbocycles. The highest BCUT2D eigenvalue weighted by Crippen LogP contribution is 2.47. The monoisotopic (exact) mass is 252 g/mol. The van der Waals surface area contributed by atoms with Crippen molar-refractivity contribution in [3.05, 3.63) is 0 Å². The number of fused-ring (bicyclic) bond motifs is 2. The van der Waals surface area contributed by atoms with Gasteiger partial charge in [-0.2, -0.15) is 0 Å². The lowest BCUT2D eigenvalue weighted by molar-refractivity contribution is -0.136. The van der Waals surface area contributed by atoms with Crippen molar-refractivity contribution >= 4 is 5.91 Å². The van der Waals surface area contributed by atoms with Crippen molar-refractivity contribution < 1.29 is 9.53 Å². The third-order valence-corrected chi connectivity index (χ3v) is 5.00. The average Bonchev–Trinajstić information content (AvgIpc) is 2.93. The van der Waals surface area contributed by atoms with Crippen molar-refractivity contribution in [1.29, 1.82) is 0 Å². The highest BCUT2D eigenvalue weighted by molar-refractivity contribution is 5.77. The molecule has 2 bridgehead atoms. The lowest BCUT2D eigenvalue weighted by atomic mass is 9.89. The van der Waals surface area contributed by atoms with Crippen LogP contribution in [0.2, 0.25) is 0 Å². The van der Waals surface area contributed by atoms with Crippen molar-refractivity contribution in [3.8, 4) is 0 Å². The van der Waals surface area contributed by atoms with Crippen LogP contribution in [0.1, 0.15) is 32.6 Å². The third kappa shape index (κ3) is 2.54. The van der Waals surface area contributed by atoms with E-state index in [9.17, 15) is 4.79 Å². The Morgan fingerprint density at radius 2 is 2.22 bits per heavy atom. The molecule has 2 N–H and O–H groups in total. The van der Waals surface area contributed by atoms with E-state index < -0.39 is 0 Å². The predicted molar refractivity (Wildman–Crippen MR) is 69.2 cm³/mol. The average molecular weight is 252 g/mol. The first-order valence-electron chi connectivity index (χ1n) is 7.26. The first kappa shape index (κ1) is 12.4. The third-order valence-electron chi connectivity index (χ3n) is 5.00. The van der Waals surface area contributed by atoms with Crippen LogP contribution >= 0.6 is 0 Å². The number of ether oxygens (including phenoxy) is 1. The van der Waals surface area contributed by atoms with Gasteiger partial charge in [-0.25, -0.2) is 0 Å². The zero-order chi connectivity index (χ0) is 12.6. The van der Waals surface area contributed by atoms with E-state index in [-0.39, 0.29) is 18.1 Å². The molecule has 3 aliphatic rings. The molecule has 1 saturated heterocycles. The Bertz CT molecular complexity index is 328. The lowest BCUT2D eigenvalue weighted by Gasteiger charge is -2.38. The van der Waals surface area contributed by atoms with Gasteiger partial charge < -0.3 is 15.4 Å². The summed E-state index contributed by atoms with van der Waals surface area (Å²) in [5, 5.41) is 6.21. The highest BCUT2D eigenvalue weighted by atomic mass is 16.5. The van der Waals surface area contributed by atoms with E-state index in [1.807, 2.05) is 6.92 Å². The van der Waals surface area contributed by atoms with Crippen molar-refractivity contribution in [1.82, 2.24) is 10.6 Å². The minimum atomic E-state index is -0.121. The summed E-state index contributed by atoms with van der Waals surface area (Å²) in [5.41, 5.74) is -0.121. The summed E-state index contributed by atoms with van der Waals surface area (Å²) < 4.78 is 5.63. The van der Waals surface area contributed by atoms with Gasteiger partial charge in [0, 0.05) is 19.6 Å². The van der Waals surface area contributed by atoms with E-state index in [1.165, 1.54) is 25.7 Å². The minimum Gasteiger partial charge on any atom is -0.363 e. The molecule has 0 spiro atoms. The van der Waals surface area contributed by atoms with Crippen LogP contribution in [0.15, 0.2) is 0 Å². The Hall–Kier alpha value is -0.610. The summed E-state index contributed by atoms with van der Waals surface area (Å²) in [6.07, 6.45) is 5.53. The number of hydrogen-bond acceptors (Lipinski definition) is 3. The number of carbonyl (C=O) groups is 1. The fourth-order valence-electron chi connectivity index (χ4n) is 3.74. The van der Waals surface area contributed by atoms with Crippen LogP contribution < -0.4 is 10.6 Å². The first-order valence-corrected chi connectivity index (χ1v) is 7.26. The van der Waals surface area contributed by atoms with Gasteiger partial charge in [-0.3, -0.25) is 4.79 Å². The molecule has 0 aromatic heterocycles. The number of carbonyl (C=O) groups excluding carboxylic acids is 1. The van der Waals surface area contributed by atoms with Gasteiger partial charge >= 0.3 is 0 Å². The van der Waals surface area contributed by atoms with Gasteiger partial charge in [-0.15, -0.1) is 0 Å². The van der Waals surface area contributed by atoms with E-state index in [0.717, 1.165) is 37.4 Å². The Labute approximate surface area is 109 Å². The molecular formula is C14H24N2O2. The molecule has 18 heavy (non-hydrogen) atoms. The zero-order valence-corrected chi connectivity index (χ0v) is 11.2. The molecule has 4 heteroatoms. The van der Waals surface area contributed by atoms with E-state index in [1.54, 1.807) is 0 Å². The van der Waals surface area contributed by atoms with E-state index in [4.69, 9.17) is 4.74 Å². The molecule has 0 radical (unpaired) electrons. The minimum absolute atomic E-state index is 0.0471. The van der Waals surface area contributed by atoms with E-state index in [2.05, 4.69) is 10.6 Å². The molecule has 3 unspecified atom stereocenters. The molecule has 102 valence electrons. The predicted octanol–water partition coefficient (Wildman–Crippen LogP) is 0.917. The van der Waals surface area contributed by atoms with Gasteiger partial charge in [0.1, 0.15) is 6.61 Å². The fourth-order valence-corrected chi connectivity index (χ4v) is 3.74. The van der Waals surface area contributed by atoms with Gasteiger partial charge in [0.25, 0.3) is 0 Å². The van der Waals surface area contributed by atoms with Crippen molar-refractivity contribution in [2.24, 2.45) is 17.8 Å². The van der Waals surface area contributed by atoms with Crippen LogP contribution in [-0.4, -0.2) is 37.7 Å². The van der Waals surface area contributed by atoms with Gasteiger partial charge in [-0.1, -0.05) is 6.42 Å². The second-order valence-electron chi connectivity index (χ2n) is 6.58. The zero-order valence-electron chi connectivity index (χ0n) is 11.2. The second-order valence-corrected chi connectivity index (χ2v) is 6.58. The molecule has 4 nitrogen and oxygen atoms in total. The highest BCUT2D eigenvalue weighted by Gasteiger charge is 2.39. The second kappa shape index (κ2) is 4.82. The van der Waals surface area contributed by atoms with Gasteiger partial charge in [-0.05, 0) is 43.9 Å². The fraction of sp³-hybridized carbons (Fsp3) is 0.929. The van der Waals surface area contributed by atoms with Crippen LogP contribution in [-0.2, 0) is 9.53 Å². The summed E-state index contributed by atoms with van der Waals surface area (Å²) in [4.78, 5) is 11.7. The lowest BCUT2D eigenvalue weighted by Crippen LogP contribution is -2.59. The van der Waals surface area contributed by atoms with Gasteiger partial charge in [0.15, 0.2) is 0 Å². The largest absolute Gasteiger partial charge is 0.363 e. The smallest absolute Gasteiger partial charge is 0.246 e. The van der Waals surface area contributed by atoms with Crippen molar-refractivity contribution in [3.63, 3.8) is 0 Å². The topological polar surface area (TPSA) is 50.4 Å². The van der Waals surface area contributed by atoms with Crippen molar-refractivity contribution in [2.45, 2.75) is 38.2 Å². The standard InChI is InChI=1S/C14H24N2O2/c1-14(8-15-9-14)18-7-13(17)16-6-12-5-10-2-3-11(12)4-10/h10-12,15H,2-9H2,1H3,(H,16,17). The van der Waals surface area contributed by atoms with Gasteiger partial charge in [0.05, 0.1) is 5.60 Å². The molecule has 0 aromatic carbocycles. The molecule has 3 rings (SSSR count). The maximum Gasteiger partial charge on any atom is 0.246 e. The van der Waals surface area contributed by atoms with Crippen LogP contribution in [0.25, 0.3) is 0 Å². The van der Waals surface area contributed by atoms with E-state index >= 15 is 0 Å². The molecule has 3 atom stereocenters. The summed E-state index contributed by atoms with van der Waals surface area (Å²) in [6, 6.07) is 0. The normalized spacial score (nSPS) is 36.4. The summed E-state index contributed by atoms with van der Waals surface area (Å²) in [5.74, 6) is 2.61. The van der Waals surface area contributed by atoms with Crippen LogP contribution in [0.4, 0.5) is 0 Å². The molecule has 1 heterocycles. The van der Waals surface area contributed by atoms with Crippen LogP contribution in [0.3, 0.4) is 0 Å². The summed E-state index contributed by atoms with van der Waals surface area (Å²) >= 11 is 0. The summed E-state index contributed by atoms with van der Waals surface area (Å²) in [6.45, 7) is 4.82. The first-order chi connectivity index (χ1) is 8.65. The summed E-state index contributed by atoms with van der Waals surface area (Å²) in [7, 11) is 0. The quantitative estimate of drug-likeness (QED) is 0.765. The molecular weight excluding hydrogens is 228 g/mol. The molecule has 1 aliphatic heterocycles. The van der Waals surface area contributed by atoms with Crippen LogP contribution in [0.5, 0.6) is 0 Å². The Morgan fingerprint density at radius 1 is 1.39 bits per heavy atom. The molecule has 1 amide bonds. The number of rotatable bonds is 5. The number of hydrogen-bond donors (Lipinski definition) is 2. The Morgan fingerprint density at radius 3 is 2.78 bits per heavy atom. The number of nitrogens with one attached hydrogen (secondary N) is 2. The Kier molecular flexibility index (Phi) is 3.32. The molecule has 0 aromatic rings. The van der Waals surface area contributed by atoms with Crippen molar-refractivity contribution in [2.75, 3.05) is 26.2 Å². The molecule has 2 saturated carbocycles. The maximum absolute atomic E-state index is 11.7. The van der Waals surface area contributed by atoms with Gasteiger partial charge in [0.2, 0.25) is 5.91 Å². The SMILES string of the molecule is CC1(OCC(=O)NCC2CC3CCC2C3)CNC1. The Balaban J connectivity index is 1.34. The maximum atomic E-state index is 11.7. The van der Waals surface area contributed by atoms with E-state index in [0.29, 0.717) is 0 Å². The number of amides is 1. The van der Waals surface area contributed by atoms with Crippen LogP contribution in [0, 0.1) is 17.8 Å².